The summed E-state index contributed by atoms with van der Waals surface area (Å²) in [5.41, 5.74) is 4.83. The topological polar surface area (TPSA) is 75.2 Å². The summed E-state index contributed by atoms with van der Waals surface area (Å²) in [6.07, 6.45) is 5.59. The first kappa shape index (κ1) is 21.3. The third kappa shape index (κ3) is 5.56. The van der Waals surface area contributed by atoms with E-state index in [1.165, 1.54) is 11.8 Å². The SMILES string of the molecule is CSc1nc(C)c(CCC(=O)NCc2cccc(N3CCCCC3=O)c2)c(C)n1. The molecule has 2 heterocycles. The Hall–Kier alpha value is -2.41. The fourth-order valence-electron chi connectivity index (χ4n) is 3.60. The average Bonchev–Trinajstić information content (AvgIpc) is 2.72. The Morgan fingerprint density at radius 2 is 1.97 bits per heavy atom. The van der Waals surface area contributed by atoms with Gasteiger partial charge in [0.25, 0.3) is 0 Å². The van der Waals surface area contributed by atoms with Crippen molar-refractivity contribution in [2.45, 2.75) is 57.7 Å². The maximum atomic E-state index is 12.4. The van der Waals surface area contributed by atoms with Crippen LogP contribution in [0.2, 0.25) is 0 Å². The van der Waals surface area contributed by atoms with Gasteiger partial charge in [-0.15, -0.1) is 0 Å². The van der Waals surface area contributed by atoms with E-state index in [9.17, 15) is 9.59 Å². The van der Waals surface area contributed by atoms with Crippen molar-refractivity contribution in [1.29, 1.82) is 0 Å². The predicted octanol–water partition coefficient (Wildman–Crippen LogP) is 3.58. The molecule has 3 rings (SSSR count). The van der Waals surface area contributed by atoms with Gasteiger partial charge in [0, 0.05) is 43.0 Å². The van der Waals surface area contributed by atoms with E-state index >= 15 is 0 Å². The van der Waals surface area contributed by atoms with E-state index in [4.69, 9.17) is 0 Å². The van der Waals surface area contributed by atoms with E-state index in [1.54, 1.807) is 0 Å². The summed E-state index contributed by atoms with van der Waals surface area (Å²) in [6.45, 7) is 5.16. The van der Waals surface area contributed by atoms with Crippen molar-refractivity contribution >= 4 is 29.3 Å². The Morgan fingerprint density at radius 3 is 2.66 bits per heavy atom. The molecule has 0 aliphatic carbocycles. The standard InChI is InChI=1S/C22H28N4O2S/c1-15-19(16(2)25-22(24-15)29-3)10-11-20(27)23-14-17-7-6-8-18(13-17)26-12-5-4-9-21(26)28/h6-8,13H,4-5,9-12,14H2,1-3H3,(H,23,27). The summed E-state index contributed by atoms with van der Waals surface area (Å²) >= 11 is 1.52. The van der Waals surface area contributed by atoms with Crippen molar-refractivity contribution in [2.75, 3.05) is 17.7 Å². The molecule has 0 unspecified atom stereocenters. The molecular formula is C22H28N4O2S. The second-order valence-corrected chi connectivity index (χ2v) is 8.08. The van der Waals surface area contributed by atoms with Gasteiger partial charge in [0.1, 0.15) is 0 Å². The number of rotatable bonds is 7. The molecule has 0 atom stereocenters. The summed E-state index contributed by atoms with van der Waals surface area (Å²) in [4.78, 5) is 35.3. The third-order valence-corrected chi connectivity index (χ3v) is 5.77. The first-order valence-electron chi connectivity index (χ1n) is 10.0. The van der Waals surface area contributed by atoms with Gasteiger partial charge in [-0.05, 0) is 62.6 Å². The van der Waals surface area contributed by atoms with Crippen LogP contribution in [0.4, 0.5) is 5.69 Å². The van der Waals surface area contributed by atoms with Crippen molar-refractivity contribution in [3.8, 4) is 0 Å². The molecule has 2 aromatic rings. The fourth-order valence-corrected chi connectivity index (χ4v) is 4.06. The predicted molar refractivity (Wildman–Crippen MR) is 116 cm³/mol. The van der Waals surface area contributed by atoms with Gasteiger partial charge < -0.3 is 10.2 Å². The minimum absolute atomic E-state index is 0.00260. The number of aromatic nitrogens is 2. The Kier molecular flexibility index (Phi) is 7.25. The van der Waals surface area contributed by atoms with Gasteiger partial charge >= 0.3 is 0 Å². The molecule has 6 nitrogen and oxygen atoms in total. The zero-order valence-corrected chi connectivity index (χ0v) is 18.1. The number of carbonyl (C=O) groups excluding carboxylic acids is 2. The fraction of sp³-hybridized carbons (Fsp3) is 0.455. The van der Waals surface area contributed by atoms with E-state index in [-0.39, 0.29) is 11.8 Å². The van der Waals surface area contributed by atoms with Crippen LogP contribution >= 0.6 is 11.8 Å². The number of carbonyl (C=O) groups is 2. The molecule has 2 amide bonds. The highest BCUT2D eigenvalue weighted by Gasteiger charge is 2.19. The second kappa shape index (κ2) is 9.87. The van der Waals surface area contributed by atoms with Crippen molar-refractivity contribution < 1.29 is 9.59 Å². The highest BCUT2D eigenvalue weighted by atomic mass is 32.2. The van der Waals surface area contributed by atoms with E-state index in [0.29, 0.717) is 25.8 Å². The Morgan fingerprint density at radius 1 is 1.21 bits per heavy atom. The highest BCUT2D eigenvalue weighted by Crippen LogP contribution is 2.22. The highest BCUT2D eigenvalue weighted by molar-refractivity contribution is 7.98. The number of thioether (sulfide) groups is 1. The van der Waals surface area contributed by atoms with Crippen LogP contribution in [0.5, 0.6) is 0 Å². The zero-order chi connectivity index (χ0) is 20.8. The van der Waals surface area contributed by atoms with Crippen molar-refractivity contribution in [3.05, 3.63) is 46.8 Å². The van der Waals surface area contributed by atoms with Gasteiger partial charge in [-0.3, -0.25) is 9.59 Å². The van der Waals surface area contributed by atoms with Crippen LogP contribution in [0.15, 0.2) is 29.4 Å². The first-order valence-corrected chi connectivity index (χ1v) is 11.2. The lowest BCUT2D eigenvalue weighted by Crippen LogP contribution is -2.35. The number of nitrogens with zero attached hydrogens (tertiary/aromatic N) is 3. The Bertz CT molecular complexity index is 877. The number of piperidine rings is 1. The second-order valence-electron chi connectivity index (χ2n) is 7.31. The first-order chi connectivity index (χ1) is 14.0. The van der Waals surface area contributed by atoms with E-state index in [0.717, 1.165) is 52.7 Å². The van der Waals surface area contributed by atoms with E-state index < -0.39 is 0 Å². The molecule has 0 bridgehead atoms. The normalized spacial score (nSPS) is 14.2. The van der Waals surface area contributed by atoms with Crippen molar-refractivity contribution in [1.82, 2.24) is 15.3 Å². The third-order valence-electron chi connectivity index (χ3n) is 5.22. The van der Waals surface area contributed by atoms with Gasteiger partial charge in [0.2, 0.25) is 11.8 Å². The number of benzene rings is 1. The lowest BCUT2D eigenvalue weighted by Gasteiger charge is -2.27. The van der Waals surface area contributed by atoms with Gasteiger partial charge in [-0.25, -0.2) is 9.97 Å². The Labute approximate surface area is 176 Å². The summed E-state index contributed by atoms with van der Waals surface area (Å²) in [6, 6.07) is 7.86. The molecule has 1 saturated heterocycles. The molecule has 154 valence electrons. The smallest absolute Gasteiger partial charge is 0.226 e. The quantitative estimate of drug-likeness (QED) is 0.556. The molecule has 1 aliphatic rings. The molecule has 1 aromatic heterocycles. The van der Waals surface area contributed by atoms with E-state index in [2.05, 4.69) is 15.3 Å². The maximum absolute atomic E-state index is 12.4. The van der Waals surface area contributed by atoms with Crippen LogP contribution in [-0.2, 0) is 22.6 Å². The van der Waals surface area contributed by atoms with Gasteiger partial charge in [-0.1, -0.05) is 23.9 Å². The molecule has 0 radical (unpaired) electrons. The number of anilines is 1. The van der Waals surface area contributed by atoms with Crippen LogP contribution in [0.1, 0.15) is 48.2 Å². The zero-order valence-electron chi connectivity index (χ0n) is 17.3. The van der Waals surface area contributed by atoms with Crippen molar-refractivity contribution in [3.63, 3.8) is 0 Å². The molecule has 1 aliphatic heterocycles. The molecule has 7 heteroatoms. The van der Waals surface area contributed by atoms with Crippen LogP contribution in [-0.4, -0.2) is 34.6 Å². The van der Waals surface area contributed by atoms with Crippen LogP contribution < -0.4 is 10.2 Å². The van der Waals surface area contributed by atoms with Gasteiger partial charge in [0.15, 0.2) is 5.16 Å². The number of hydrogen-bond acceptors (Lipinski definition) is 5. The number of hydrogen-bond donors (Lipinski definition) is 1. The minimum Gasteiger partial charge on any atom is -0.352 e. The summed E-state index contributed by atoms with van der Waals surface area (Å²) in [5, 5.41) is 3.75. The van der Waals surface area contributed by atoms with E-state index in [1.807, 2.05) is 49.3 Å². The largest absolute Gasteiger partial charge is 0.352 e. The maximum Gasteiger partial charge on any atom is 0.226 e. The summed E-state index contributed by atoms with van der Waals surface area (Å²) in [5.74, 6) is 0.176. The number of nitrogens with one attached hydrogen (secondary N) is 1. The lowest BCUT2D eigenvalue weighted by molar-refractivity contribution is -0.121. The molecular weight excluding hydrogens is 384 g/mol. The average molecular weight is 413 g/mol. The molecule has 29 heavy (non-hydrogen) atoms. The van der Waals surface area contributed by atoms with Crippen molar-refractivity contribution in [2.24, 2.45) is 0 Å². The lowest BCUT2D eigenvalue weighted by atomic mass is 10.1. The van der Waals surface area contributed by atoms with Gasteiger partial charge in [-0.2, -0.15) is 0 Å². The molecule has 0 saturated carbocycles. The molecule has 1 aromatic carbocycles. The molecule has 1 fully saturated rings. The summed E-state index contributed by atoms with van der Waals surface area (Å²) in [7, 11) is 0. The number of amides is 2. The van der Waals surface area contributed by atoms with Crippen LogP contribution in [0, 0.1) is 13.8 Å². The Balaban J connectivity index is 1.55. The van der Waals surface area contributed by atoms with Gasteiger partial charge in [0.05, 0.1) is 0 Å². The monoisotopic (exact) mass is 412 g/mol. The number of aryl methyl sites for hydroxylation is 2. The summed E-state index contributed by atoms with van der Waals surface area (Å²) < 4.78 is 0. The van der Waals surface area contributed by atoms with Crippen LogP contribution in [0.3, 0.4) is 0 Å². The molecule has 0 spiro atoms. The molecule has 1 N–H and O–H groups in total. The van der Waals surface area contributed by atoms with Crippen LogP contribution in [0.25, 0.3) is 0 Å². The minimum atomic E-state index is -0.00260.